The zero-order chi connectivity index (χ0) is 14.8. The van der Waals surface area contributed by atoms with Gasteiger partial charge in [0.1, 0.15) is 0 Å². The van der Waals surface area contributed by atoms with E-state index in [0.29, 0.717) is 6.04 Å². The van der Waals surface area contributed by atoms with E-state index in [4.69, 9.17) is 0 Å². The molecule has 0 amide bonds. The van der Waals surface area contributed by atoms with Crippen molar-refractivity contribution in [1.29, 1.82) is 0 Å². The molecule has 0 saturated heterocycles. The third-order valence-electron chi connectivity index (χ3n) is 3.84. The van der Waals surface area contributed by atoms with Crippen molar-refractivity contribution in [1.82, 2.24) is 10.3 Å². The van der Waals surface area contributed by atoms with Crippen LogP contribution in [0.4, 0.5) is 0 Å². The molecule has 2 nitrogen and oxygen atoms in total. The van der Waals surface area contributed by atoms with Gasteiger partial charge in [-0.2, -0.15) is 0 Å². The lowest BCUT2D eigenvalue weighted by molar-refractivity contribution is 0.592. The number of aryl methyl sites for hydroxylation is 2. The Bertz CT molecular complexity index is 741. The Labute approximate surface area is 129 Å². The Morgan fingerprint density at radius 1 is 1.14 bits per heavy atom. The molecule has 1 aromatic carbocycles. The number of fused-ring (bicyclic) bond motifs is 1. The van der Waals surface area contributed by atoms with Crippen molar-refractivity contribution in [3.63, 3.8) is 0 Å². The van der Waals surface area contributed by atoms with Crippen molar-refractivity contribution >= 4 is 21.4 Å². The van der Waals surface area contributed by atoms with Gasteiger partial charge in [-0.25, -0.2) is 0 Å². The summed E-state index contributed by atoms with van der Waals surface area (Å²) in [5, 5.41) is 7.12. The zero-order valence-electron chi connectivity index (χ0n) is 12.7. The molecule has 3 rings (SSSR count). The molecular formula is C18H20N2S. The Balaban J connectivity index is 1.94. The van der Waals surface area contributed by atoms with Gasteiger partial charge in [0.15, 0.2) is 0 Å². The van der Waals surface area contributed by atoms with E-state index in [-0.39, 0.29) is 0 Å². The van der Waals surface area contributed by atoms with Crippen molar-refractivity contribution < 1.29 is 0 Å². The quantitative estimate of drug-likeness (QED) is 0.771. The number of thiophene rings is 1. The van der Waals surface area contributed by atoms with Gasteiger partial charge in [0.05, 0.1) is 0 Å². The van der Waals surface area contributed by atoms with E-state index < -0.39 is 0 Å². The fourth-order valence-corrected chi connectivity index (χ4v) is 3.84. The molecule has 21 heavy (non-hydrogen) atoms. The molecule has 0 aliphatic rings. The maximum Gasteiger partial charge on any atom is 0.0379 e. The highest BCUT2D eigenvalue weighted by Gasteiger charge is 2.14. The van der Waals surface area contributed by atoms with E-state index in [0.717, 1.165) is 17.8 Å². The molecule has 1 unspecified atom stereocenters. The molecule has 0 bridgehead atoms. The molecule has 2 aromatic heterocycles. The first-order valence-corrected chi connectivity index (χ1v) is 8.13. The Kier molecular flexibility index (Phi) is 4.04. The Morgan fingerprint density at radius 2 is 1.86 bits per heavy atom. The third kappa shape index (κ3) is 2.99. The van der Waals surface area contributed by atoms with Crippen molar-refractivity contribution in [3.05, 3.63) is 64.3 Å². The second-order valence-electron chi connectivity index (χ2n) is 5.49. The van der Waals surface area contributed by atoms with Gasteiger partial charge < -0.3 is 5.32 Å². The monoisotopic (exact) mass is 296 g/mol. The maximum absolute atomic E-state index is 4.47. The number of rotatable bonds is 4. The van der Waals surface area contributed by atoms with Crippen molar-refractivity contribution in [2.75, 3.05) is 7.05 Å². The fourth-order valence-electron chi connectivity index (χ4n) is 2.87. The number of aromatic nitrogens is 1. The van der Waals surface area contributed by atoms with Gasteiger partial charge in [-0.3, -0.25) is 4.98 Å². The average molecular weight is 296 g/mol. The lowest BCUT2D eigenvalue weighted by atomic mass is 9.98. The van der Waals surface area contributed by atoms with Gasteiger partial charge in [-0.1, -0.05) is 18.2 Å². The predicted octanol–water partition coefficient (Wildman–Crippen LogP) is 4.42. The molecular weight excluding hydrogens is 276 g/mol. The van der Waals surface area contributed by atoms with Crippen LogP contribution in [0.25, 0.3) is 10.1 Å². The molecule has 0 radical (unpaired) electrons. The van der Waals surface area contributed by atoms with E-state index in [2.05, 4.69) is 65.9 Å². The molecule has 0 spiro atoms. The summed E-state index contributed by atoms with van der Waals surface area (Å²) in [5.74, 6) is 0. The number of hydrogen-bond acceptors (Lipinski definition) is 3. The van der Waals surface area contributed by atoms with E-state index in [1.54, 1.807) is 0 Å². The van der Waals surface area contributed by atoms with Crippen molar-refractivity contribution in [2.45, 2.75) is 26.3 Å². The number of pyridine rings is 1. The van der Waals surface area contributed by atoms with Crippen LogP contribution in [-0.2, 0) is 6.42 Å². The molecule has 108 valence electrons. The van der Waals surface area contributed by atoms with Crippen LogP contribution in [0.15, 0.2) is 41.8 Å². The van der Waals surface area contributed by atoms with E-state index >= 15 is 0 Å². The normalized spacial score (nSPS) is 12.7. The highest BCUT2D eigenvalue weighted by molar-refractivity contribution is 7.17. The molecule has 3 heteroatoms. The molecule has 1 N–H and O–H groups in total. The Hall–Kier alpha value is -1.71. The average Bonchev–Trinajstić information content (AvgIpc) is 2.87. The minimum Gasteiger partial charge on any atom is -0.313 e. The van der Waals surface area contributed by atoms with Crippen molar-refractivity contribution in [3.8, 4) is 0 Å². The van der Waals surface area contributed by atoms with Gasteiger partial charge in [0, 0.05) is 22.1 Å². The summed E-state index contributed by atoms with van der Waals surface area (Å²) < 4.78 is 1.37. The molecule has 0 aliphatic heterocycles. The molecule has 3 aromatic rings. The fraction of sp³-hybridized carbons (Fsp3) is 0.278. The minimum absolute atomic E-state index is 0.323. The predicted molar refractivity (Wildman–Crippen MR) is 91.0 cm³/mol. The van der Waals surface area contributed by atoms with E-state index in [1.807, 2.05) is 18.4 Å². The standard InChI is InChI=1S/C18H20N2S/c1-12-8-14(9-13(2)20-12)17(19-3)10-15-11-21-18-7-5-4-6-16(15)18/h4-9,11,17,19H,10H2,1-3H3. The number of likely N-dealkylation sites (N-methyl/N-ethyl adjacent to an activating group) is 1. The molecule has 0 aliphatic carbocycles. The summed E-state index contributed by atoms with van der Waals surface area (Å²) in [6.45, 7) is 4.12. The van der Waals surface area contributed by atoms with Gasteiger partial charge in [-0.05, 0) is 67.4 Å². The SMILES string of the molecule is CNC(Cc1csc2ccccc12)c1cc(C)nc(C)c1. The number of benzene rings is 1. The molecule has 2 heterocycles. The van der Waals surface area contributed by atoms with Gasteiger partial charge in [0.2, 0.25) is 0 Å². The number of hydrogen-bond donors (Lipinski definition) is 1. The summed E-state index contributed by atoms with van der Waals surface area (Å²) in [6, 6.07) is 13.3. The first kappa shape index (κ1) is 14.2. The van der Waals surface area contributed by atoms with Crippen molar-refractivity contribution in [2.24, 2.45) is 0 Å². The lowest BCUT2D eigenvalue weighted by Crippen LogP contribution is -2.19. The second-order valence-corrected chi connectivity index (χ2v) is 6.40. The first-order chi connectivity index (χ1) is 10.2. The highest BCUT2D eigenvalue weighted by Crippen LogP contribution is 2.29. The highest BCUT2D eigenvalue weighted by atomic mass is 32.1. The second kappa shape index (κ2) is 5.96. The summed E-state index contributed by atoms with van der Waals surface area (Å²) in [7, 11) is 2.03. The van der Waals surface area contributed by atoms with Crippen LogP contribution in [0.3, 0.4) is 0 Å². The van der Waals surface area contributed by atoms with Crippen LogP contribution in [0.5, 0.6) is 0 Å². The third-order valence-corrected chi connectivity index (χ3v) is 4.85. The van der Waals surface area contributed by atoms with Crippen LogP contribution >= 0.6 is 11.3 Å². The molecule has 1 atom stereocenters. The van der Waals surface area contributed by atoms with Gasteiger partial charge in [-0.15, -0.1) is 11.3 Å². The minimum atomic E-state index is 0.323. The lowest BCUT2D eigenvalue weighted by Gasteiger charge is -2.17. The smallest absolute Gasteiger partial charge is 0.0379 e. The van der Waals surface area contributed by atoms with Crippen LogP contribution in [-0.4, -0.2) is 12.0 Å². The van der Waals surface area contributed by atoms with Crippen LogP contribution in [0.2, 0.25) is 0 Å². The molecule has 0 saturated carbocycles. The summed E-state index contributed by atoms with van der Waals surface area (Å²) in [5.41, 5.74) is 4.90. The van der Waals surface area contributed by atoms with Crippen LogP contribution in [0.1, 0.15) is 28.6 Å². The summed E-state index contributed by atoms with van der Waals surface area (Å²) in [6.07, 6.45) is 1.00. The number of nitrogens with one attached hydrogen (secondary N) is 1. The number of nitrogens with zero attached hydrogens (tertiary/aromatic N) is 1. The topological polar surface area (TPSA) is 24.9 Å². The first-order valence-electron chi connectivity index (χ1n) is 7.25. The zero-order valence-corrected chi connectivity index (χ0v) is 13.5. The van der Waals surface area contributed by atoms with E-state index in [9.17, 15) is 0 Å². The molecule has 0 fully saturated rings. The van der Waals surface area contributed by atoms with E-state index in [1.165, 1.54) is 21.2 Å². The summed E-state index contributed by atoms with van der Waals surface area (Å²) >= 11 is 1.83. The maximum atomic E-state index is 4.47. The summed E-state index contributed by atoms with van der Waals surface area (Å²) in [4.78, 5) is 4.47. The van der Waals surface area contributed by atoms with Crippen LogP contribution < -0.4 is 5.32 Å². The van der Waals surface area contributed by atoms with Crippen LogP contribution in [0, 0.1) is 13.8 Å². The van der Waals surface area contributed by atoms with Gasteiger partial charge in [0.25, 0.3) is 0 Å². The Morgan fingerprint density at radius 3 is 2.57 bits per heavy atom. The van der Waals surface area contributed by atoms with Gasteiger partial charge >= 0.3 is 0 Å². The largest absolute Gasteiger partial charge is 0.313 e.